The molecule has 0 aliphatic heterocycles. The second kappa shape index (κ2) is 12.2. The fourth-order valence-corrected chi connectivity index (χ4v) is 9.78. The van der Waals surface area contributed by atoms with Crippen LogP contribution in [0.4, 0.5) is 0 Å². The van der Waals surface area contributed by atoms with Crippen molar-refractivity contribution < 1.29 is 4.42 Å². The van der Waals surface area contributed by atoms with Gasteiger partial charge in [0.15, 0.2) is 0 Å². The Morgan fingerprint density at radius 1 is 0.339 bits per heavy atom. The fourth-order valence-electron chi connectivity index (χ4n) is 8.54. The molecule has 0 aliphatic rings. The summed E-state index contributed by atoms with van der Waals surface area (Å²) in [5, 5.41) is 7.99. The number of nitrogens with zero attached hydrogens (tertiary/aromatic N) is 2. The Kier molecular flexibility index (Phi) is 6.80. The van der Waals surface area contributed by atoms with Crippen LogP contribution >= 0.6 is 11.3 Å². The molecule has 260 valence electrons. The monoisotopic (exact) mass is 730 g/mol. The highest BCUT2D eigenvalue weighted by molar-refractivity contribution is 7.26. The minimum Gasteiger partial charge on any atom is -0.436 e. The first-order valence-electron chi connectivity index (χ1n) is 18.9. The van der Waals surface area contributed by atoms with Crippen LogP contribution in [0.5, 0.6) is 0 Å². The van der Waals surface area contributed by atoms with Crippen LogP contribution in [0.2, 0.25) is 0 Å². The van der Waals surface area contributed by atoms with Gasteiger partial charge >= 0.3 is 0 Å². The molecule has 9 aromatic carbocycles. The van der Waals surface area contributed by atoms with Crippen molar-refractivity contribution in [1.82, 2.24) is 9.97 Å². The van der Waals surface area contributed by atoms with Crippen LogP contribution < -0.4 is 0 Å². The van der Waals surface area contributed by atoms with Gasteiger partial charge in [-0.25, -0.2) is 9.97 Å². The Labute approximate surface area is 325 Å². The van der Waals surface area contributed by atoms with Gasteiger partial charge < -0.3 is 4.42 Å². The maximum atomic E-state index is 6.52. The molecule has 0 atom stereocenters. The van der Waals surface area contributed by atoms with Crippen LogP contribution in [-0.4, -0.2) is 9.97 Å². The zero-order valence-corrected chi connectivity index (χ0v) is 30.8. The topological polar surface area (TPSA) is 38.9 Å². The summed E-state index contributed by atoms with van der Waals surface area (Å²) in [7, 11) is 0. The predicted molar refractivity (Wildman–Crippen MR) is 236 cm³/mol. The van der Waals surface area contributed by atoms with Gasteiger partial charge in [0, 0.05) is 36.3 Å². The van der Waals surface area contributed by atoms with Crippen LogP contribution in [0.15, 0.2) is 186 Å². The Morgan fingerprint density at radius 2 is 0.893 bits per heavy atom. The summed E-state index contributed by atoms with van der Waals surface area (Å²) in [6.45, 7) is 0. The summed E-state index contributed by atoms with van der Waals surface area (Å²) in [5.41, 5.74) is 13.1. The van der Waals surface area contributed by atoms with Crippen molar-refractivity contribution in [2.45, 2.75) is 0 Å². The second-order valence-corrected chi connectivity index (χ2v) is 15.6. The van der Waals surface area contributed by atoms with Crippen molar-refractivity contribution in [3.63, 3.8) is 0 Å². The van der Waals surface area contributed by atoms with E-state index in [1.54, 1.807) is 0 Å². The summed E-state index contributed by atoms with van der Waals surface area (Å²) in [6.07, 6.45) is 0. The van der Waals surface area contributed by atoms with E-state index in [1.165, 1.54) is 36.9 Å². The SMILES string of the molecule is c1ccc(-c2ccc3c4ccc(-c5ccccc5)cc4c4nc5c(nc4c3c2)oc2ccc(-c3cccc(-c4cccc6c4sc4ccccc46)c3)cc25)cc1. The first kappa shape index (κ1) is 31.2. The van der Waals surface area contributed by atoms with E-state index in [9.17, 15) is 0 Å². The molecule has 0 bridgehead atoms. The predicted octanol–water partition coefficient (Wildman–Crippen LogP) is 14.9. The highest BCUT2D eigenvalue weighted by atomic mass is 32.1. The van der Waals surface area contributed by atoms with Crippen molar-refractivity contribution in [1.29, 1.82) is 0 Å². The highest BCUT2D eigenvalue weighted by Crippen LogP contribution is 2.42. The lowest BCUT2D eigenvalue weighted by atomic mass is 9.93. The summed E-state index contributed by atoms with van der Waals surface area (Å²) >= 11 is 1.86. The molecule has 0 aliphatic carbocycles. The lowest BCUT2D eigenvalue weighted by Gasteiger charge is -2.12. The number of thiophene rings is 1. The molecular formula is C52H30N2OS. The van der Waals surface area contributed by atoms with Crippen molar-refractivity contribution in [3.8, 4) is 44.5 Å². The third-order valence-electron chi connectivity index (χ3n) is 11.3. The Hall–Kier alpha value is -7.14. The maximum absolute atomic E-state index is 6.52. The Balaban J connectivity index is 1.07. The highest BCUT2D eigenvalue weighted by Gasteiger charge is 2.19. The van der Waals surface area contributed by atoms with Gasteiger partial charge in [-0.05, 0) is 91.7 Å². The van der Waals surface area contributed by atoms with Crippen molar-refractivity contribution >= 4 is 86.3 Å². The first-order valence-corrected chi connectivity index (χ1v) is 19.7. The van der Waals surface area contributed by atoms with Crippen LogP contribution in [0, 0.1) is 0 Å². The van der Waals surface area contributed by atoms with Crippen LogP contribution in [0.3, 0.4) is 0 Å². The minimum atomic E-state index is 0.541. The molecule has 3 aromatic heterocycles. The molecule has 0 radical (unpaired) electrons. The maximum Gasteiger partial charge on any atom is 0.246 e. The Bertz CT molecular complexity index is 3530. The average Bonchev–Trinajstić information content (AvgIpc) is 3.84. The van der Waals surface area contributed by atoms with Gasteiger partial charge in [-0.2, -0.15) is 0 Å². The van der Waals surface area contributed by atoms with E-state index >= 15 is 0 Å². The third kappa shape index (κ3) is 4.83. The summed E-state index contributed by atoms with van der Waals surface area (Å²) < 4.78 is 9.14. The molecule has 12 aromatic rings. The van der Waals surface area contributed by atoms with Gasteiger partial charge in [-0.1, -0.05) is 146 Å². The van der Waals surface area contributed by atoms with Crippen molar-refractivity contribution in [3.05, 3.63) is 182 Å². The zero-order valence-electron chi connectivity index (χ0n) is 30.0. The molecule has 0 saturated carbocycles. The van der Waals surface area contributed by atoms with Crippen LogP contribution in [0.25, 0.3) is 119 Å². The molecular weight excluding hydrogens is 701 g/mol. The van der Waals surface area contributed by atoms with E-state index in [0.717, 1.165) is 76.9 Å². The van der Waals surface area contributed by atoms with E-state index in [4.69, 9.17) is 14.4 Å². The number of hydrogen-bond acceptors (Lipinski definition) is 4. The van der Waals surface area contributed by atoms with E-state index in [-0.39, 0.29) is 0 Å². The smallest absolute Gasteiger partial charge is 0.246 e. The van der Waals surface area contributed by atoms with Gasteiger partial charge in [0.05, 0.1) is 5.52 Å². The Morgan fingerprint density at radius 3 is 1.64 bits per heavy atom. The summed E-state index contributed by atoms with van der Waals surface area (Å²) in [4.78, 5) is 10.8. The number of benzene rings is 9. The van der Waals surface area contributed by atoms with Gasteiger partial charge in [0.2, 0.25) is 5.71 Å². The molecule has 0 N–H and O–H groups in total. The lowest BCUT2D eigenvalue weighted by molar-refractivity contribution is 0.655. The molecule has 3 nitrogen and oxygen atoms in total. The number of fused-ring (bicyclic) bond motifs is 12. The molecule has 3 heterocycles. The molecule has 0 amide bonds. The number of hydrogen-bond donors (Lipinski definition) is 0. The molecule has 12 rings (SSSR count). The van der Waals surface area contributed by atoms with Gasteiger partial charge in [0.1, 0.15) is 16.6 Å². The fraction of sp³-hybridized carbons (Fsp3) is 0. The third-order valence-corrected chi connectivity index (χ3v) is 12.5. The normalized spacial score (nSPS) is 11.9. The average molecular weight is 731 g/mol. The van der Waals surface area contributed by atoms with Crippen molar-refractivity contribution in [2.24, 2.45) is 0 Å². The molecule has 0 unspecified atom stereocenters. The van der Waals surface area contributed by atoms with E-state index in [1.807, 2.05) is 11.3 Å². The van der Waals surface area contributed by atoms with E-state index in [2.05, 4.69) is 182 Å². The quantitative estimate of drug-likeness (QED) is 0.169. The van der Waals surface area contributed by atoms with Crippen LogP contribution in [-0.2, 0) is 0 Å². The number of furan rings is 1. The van der Waals surface area contributed by atoms with Gasteiger partial charge in [0.25, 0.3) is 0 Å². The number of aromatic nitrogens is 2. The summed E-state index contributed by atoms with van der Waals surface area (Å²) in [6, 6.07) is 65.1. The molecule has 0 saturated heterocycles. The molecule has 0 fully saturated rings. The number of rotatable bonds is 4. The van der Waals surface area contributed by atoms with Crippen molar-refractivity contribution in [2.75, 3.05) is 0 Å². The molecule has 56 heavy (non-hydrogen) atoms. The lowest BCUT2D eigenvalue weighted by Crippen LogP contribution is -1.91. The van der Waals surface area contributed by atoms with E-state index in [0.29, 0.717) is 5.71 Å². The van der Waals surface area contributed by atoms with Gasteiger partial charge in [-0.15, -0.1) is 11.3 Å². The zero-order chi connectivity index (χ0) is 36.7. The minimum absolute atomic E-state index is 0.541. The molecule has 4 heteroatoms. The van der Waals surface area contributed by atoms with Gasteiger partial charge in [-0.3, -0.25) is 0 Å². The molecule has 0 spiro atoms. The first-order chi connectivity index (χ1) is 27.7. The van der Waals surface area contributed by atoms with E-state index < -0.39 is 0 Å². The largest absolute Gasteiger partial charge is 0.436 e. The van der Waals surface area contributed by atoms with Crippen LogP contribution in [0.1, 0.15) is 0 Å². The second-order valence-electron chi connectivity index (χ2n) is 14.5. The standard InChI is InChI=1S/C52H30N2OS/c1-3-11-31(12-4-1)34-21-24-39-40-25-22-35(32-13-5-2-6-14-32)29-44(40)49-48(43(39)28-34)53-50-45-30-36(23-26-46(45)55-52(50)54-49)33-15-9-16-37(27-33)38-18-10-19-42-41-17-7-8-20-47(41)56-51(38)42/h1-30H. The summed E-state index contributed by atoms with van der Waals surface area (Å²) in [5.74, 6) is 0.